The van der Waals surface area contributed by atoms with E-state index in [9.17, 15) is 0 Å². The van der Waals surface area contributed by atoms with E-state index in [0.29, 0.717) is 0 Å². The molecule has 0 unspecified atom stereocenters. The first-order chi connectivity index (χ1) is 4.50. The lowest BCUT2D eigenvalue weighted by atomic mass is 9.93. The van der Waals surface area contributed by atoms with Gasteiger partial charge >= 0.3 is 0 Å². The van der Waals surface area contributed by atoms with E-state index < -0.39 is 0 Å². The maximum atomic E-state index is 4.28. The van der Waals surface area contributed by atoms with Gasteiger partial charge in [0.2, 0.25) is 0 Å². The SMILES string of the molecule is CC(C)(C)c1cc(Br)sn1. The van der Waals surface area contributed by atoms with Crippen molar-refractivity contribution < 1.29 is 0 Å². The van der Waals surface area contributed by atoms with Crippen LogP contribution in [-0.4, -0.2) is 4.37 Å². The summed E-state index contributed by atoms with van der Waals surface area (Å²) in [5.41, 5.74) is 1.34. The van der Waals surface area contributed by atoms with Crippen molar-refractivity contribution in [2.24, 2.45) is 0 Å². The second kappa shape index (κ2) is 2.62. The molecule has 0 saturated heterocycles. The summed E-state index contributed by atoms with van der Waals surface area (Å²) in [6.45, 7) is 6.48. The summed E-state index contributed by atoms with van der Waals surface area (Å²) in [5, 5.41) is 0. The lowest BCUT2D eigenvalue weighted by Gasteiger charge is -2.13. The molecule has 0 radical (unpaired) electrons. The van der Waals surface area contributed by atoms with Crippen molar-refractivity contribution in [1.82, 2.24) is 4.37 Å². The Hall–Kier alpha value is 0.110. The largest absolute Gasteiger partial charge is 0.196 e. The Morgan fingerprint density at radius 1 is 1.50 bits per heavy atom. The first-order valence-electron chi connectivity index (χ1n) is 3.13. The van der Waals surface area contributed by atoms with E-state index >= 15 is 0 Å². The van der Waals surface area contributed by atoms with Gasteiger partial charge in [-0.05, 0) is 33.5 Å². The number of halogens is 1. The lowest BCUT2D eigenvalue weighted by Crippen LogP contribution is -2.10. The van der Waals surface area contributed by atoms with Crippen LogP contribution in [0.25, 0.3) is 0 Å². The first-order valence-corrected chi connectivity index (χ1v) is 4.69. The molecule has 0 spiro atoms. The highest BCUT2D eigenvalue weighted by Crippen LogP contribution is 2.26. The maximum absolute atomic E-state index is 4.28. The highest BCUT2D eigenvalue weighted by Gasteiger charge is 2.16. The van der Waals surface area contributed by atoms with Gasteiger partial charge in [-0.1, -0.05) is 20.8 Å². The second-order valence-corrected chi connectivity index (χ2v) is 5.45. The van der Waals surface area contributed by atoms with Crippen molar-refractivity contribution in [1.29, 1.82) is 0 Å². The van der Waals surface area contributed by atoms with Crippen LogP contribution in [0.5, 0.6) is 0 Å². The Balaban J connectivity index is 2.96. The zero-order valence-corrected chi connectivity index (χ0v) is 8.71. The number of hydrogen-bond donors (Lipinski definition) is 0. The average Bonchev–Trinajstić information content (AvgIpc) is 2.11. The Bertz CT molecular complexity index is 224. The third kappa shape index (κ3) is 1.80. The molecule has 1 rings (SSSR count). The molecule has 0 aliphatic rings. The molecule has 1 nitrogen and oxygen atoms in total. The minimum Gasteiger partial charge on any atom is -0.196 e. The summed E-state index contributed by atoms with van der Waals surface area (Å²) in [6, 6.07) is 2.07. The smallest absolute Gasteiger partial charge is 0.0908 e. The Labute approximate surface area is 73.8 Å². The monoisotopic (exact) mass is 219 g/mol. The molecule has 56 valence electrons. The fraction of sp³-hybridized carbons (Fsp3) is 0.571. The third-order valence-corrected chi connectivity index (χ3v) is 2.49. The summed E-state index contributed by atoms with van der Waals surface area (Å²) in [5.74, 6) is 0. The van der Waals surface area contributed by atoms with Crippen LogP contribution in [-0.2, 0) is 5.41 Å². The molecular weight excluding hydrogens is 210 g/mol. The molecule has 0 saturated carbocycles. The van der Waals surface area contributed by atoms with Gasteiger partial charge in [-0.2, -0.15) is 4.37 Å². The van der Waals surface area contributed by atoms with E-state index in [1.807, 2.05) is 0 Å². The van der Waals surface area contributed by atoms with Crippen LogP contribution in [0.4, 0.5) is 0 Å². The van der Waals surface area contributed by atoms with Crippen LogP contribution >= 0.6 is 27.5 Å². The molecular formula is C7H10BrNS. The highest BCUT2D eigenvalue weighted by atomic mass is 79.9. The second-order valence-electron chi connectivity index (χ2n) is 3.27. The fourth-order valence-corrected chi connectivity index (χ4v) is 1.72. The standard InChI is InChI=1S/C7H10BrNS/c1-7(2,3)5-4-6(8)10-9-5/h4H,1-3H3. The van der Waals surface area contributed by atoms with E-state index in [-0.39, 0.29) is 5.41 Å². The third-order valence-electron chi connectivity index (χ3n) is 1.25. The van der Waals surface area contributed by atoms with Crippen LogP contribution in [0.15, 0.2) is 9.85 Å². The first kappa shape index (κ1) is 8.21. The topological polar surface area (TPSA) is 12.9 Å². The van der Waals surface area contributed by atoms with Crippen molar-refractivity contribution in [3.8, 4) is 0 Å². The van der Waals surface area contributed by atoms with Gasteiger partial charge in [0.1, 0.15) is 0 Å². The molecule has 0 N–H and O–H groups in total. The van der Waals surface area contributed by atoms with Gasteiger partial charge in [0, 0.05) is 5.41 Å². The van der Waals surface area contributed by atoms with Crippen LogP contribution < -0.4 is 0 Å². The average molecular weight is 220 g/mol. The molecule has 0 aliphatic heterocycles. The maximum Gasteiger partial charge on any atom is 0.0908 e. The van der Waals surface area contributed by atoms with Crippen molar-refractivity contribution in [2.45, 2.75) is 26.2 Å². The Morgan fingerprint density at radius 3 is 2.30 bits per heavy atom. The molecule has 0 amide bonds. The van der Waals surface area contributed by atoms with E-state index in [4.69, 9.17) is 0 Å². The summed E-state index contributed by atoms with van der Waals surface area (Å²) in [7, 11) is 0. The summed E-state index contributed by atoms with van der Waals surface area (Å²) in [6.07, 6.45) is 0. The van der Waals surface area contributed by atoms with Crippen LogP contribution in [0, 0.1) is 0 Å². The van der Waals surface area contributed by atoms with Gasteiger partial charge in [0.15, 0.2) is 0 Å². The quantitative estimate of drug-likeness (QED) is 0.654. The van der Waals surface area contributed by atoms with Crippen LogP contribution in [0.2, 0.25) is 0 Å². The molecule has 1 aromatic heterocycles. The number of hydrogen-bond acceptors (Lipinski definition) is 2. The molecule has 10 heavy (non-hydrogen) atoms. The van der Waals surface area contributed by atoms with E-state index in [2.05, 4.69) is 47.1 Å². The number of aromatic nitrogens is 1. The summed E-state index contributed by atoms with van der Waals surface area (Å²) < 4.78 is 5.39. The predicted molar refractivity (Wildman–Crippen MR) is 48.5 cm³/mol. The summed E-state index contributed by atoms with van der Waals surface area (Å²) in [4.78, 5) is 0. The van der Waals surface area contributed by atoms with E-state index in [1.165, 1.54) is 11.5 Å². The molecule has 0 aliphatic carbocycles. The molecule has 0 fully saturated rings. The van der Waals surface area contributed by atoms with Gasteiger partial charge in [0.25, 0.3) is 0 Å². The van der Waals surface area contributed by atoms with Gasteiger partial charge in [-0.15, -0.1) is 0 Å². The molecule has 0 bridgehead atoms. The lowest BCUT2D eigenvalue weighted by molar-refractivity contribution is 0.576. The molecule has 1 aromatic rings. The minimum atomic E-state index is 0.183. The molecule has 3 heteroatoms. The highest BCUT2D eigenvalue weighted by molar-refractivity contribution is 9.11. The fourth-order valence-electron chi connectivity index (χ4n) is 0.606. The van der Waals surface area contributed by atoms with Gasteiger partial charge in [0.05, 0.1) is 9.48 Å². The predicted octanol–water partition coefficient (Wildman–Crippen LogP) is 3.20. The van der Waals surface area contributed by atoms with Crippen LogP contribution in [0.1, 0.15) is 26.5 Å². The zero-order valence-electron chi connectivity index (χ0n) is 6.31. The van der Waals surface area contributed by atoms with Crippen molar-refractivity contribution in [2.75, 3.05) is 0 Å². The Morgan fingerprint density at radius 2 is 2.10 bits per heavy atom. The van der Waals surface area contributed by atoms with E-state index in [0.717, 1.165) is 9.48 Å². The molecule has 0 atom stereocenters. The van der Waals surface area contributed by atoms with Gasteiger partial charge in [-0.25, -0.2) is 0 Å². The Kier molecular flexibility index (Phi) is 2.15. The normalized spacial score (nSPS) is 12.0. The number of nitrogens with zero attached hydrogens (tertiary/aromatic N) is 1. The van der Waals surface area contributed by atoms with Crippen molar-refractivity contribution in [3.05, 3.63) is 15.5 Å². The van der Waals surface area contributed by atoms with Gasteiger partial charge in [-0.3, -0.25) is 0 Å². The van der Waals surface area contributed by atoms with Gasteiger partial charge < -0.3 is 0 Å². The molecule has 1 heterocycles. The van der Waals surface area contributed by atoms with E-state index in [1.54, 1.807) is 0 Å². The molecule has 0 aromatic carbocycles. The van der Waals surface area contributed by atoms with Crippen molar-refractivity contribution >= 4 is 27.5 Å². The number of rotatable bonds is 0. The van der Waals surface area contributed by atoms with Crippen LogP contribution in [0.3, 0.4) is 0 Å². The van der Waals surface area contributed by atoms with Crippen molar-refractivity contribution in [3.63, 3.8) is 0 Å². The summed E-state index contributed by atoms with van der Waals surface area (Å²) >= 11 is 4.88. The zero-order chi connectivity index (χ0) is 7.78. The minimum absolute atomic E-state index is 0.183.